The van der Waals surface area contributed by atoms with E-state index in [0.29, 0.717) is 4.48 Å². The lowest BCUT2D eigenvalue weighted by atomic mass is 10.2. The van der Waals surface area contributed by atoms with Crippen molar-refractivity contribution in [2.45, 2.75) is 4.90 Å². The molecule has 19 heavy (non-hydrogen) atoms. The Morgan fingerprint density at radius 2 is 2.16 bits per heavy atom. The molecule has 0 aromatic heterocycles. The lowest BCUT2D eigenvalue weighted by molar-refractivity contribution is 0.0693. The van der Waals surface area contributed by atoms with E-state index in [4.69, 9.17) is 9.84 Å². The van der Waals surface area contributed by atoms with Crippen LogP contribution in [0.5, 0.6) is 5.75 Å². The maximum atomic E-state index is 11.9. The molecule has 2 N–H and O–H groups in total. The molecule has 0 saturated heterocycles. The number of ether oxygens (including phenoxy) is 1. The van der Waals surface area contributed by atoms with Gasteiger partial charge >= 0.3 is 5.97 Å². The third-order valence-corrected chi connectivity index (χ3v) is 3.84. The third-order valence-electron chi connectivity index (χ3n) is 2.17. The smallest absolute Gasteiger partial charge is 0.339 e. The van der Waals surface area contributed by atoms with E-state index >= 15 is 0 Å². The van der Waals surface area contributed by atoms with Gasteiger partial charge in [-0.25, -0.2) is 17.9 Å². The van der Waals surface area contributed by atoms with Crippen LogP contribution in [0.4, 0.5) is 0 Å². The number of carbonyl (C=O) groups is 1. The molecule has 8 heteroatoms. The molecule has 1 aromatic carbocycles. The van der Waals surface area contributed by atoms with Gasteiger partial charge in [-0.05, 0) is 18.2 Å². The van der Waals surface area contributed by atoms with Gasteiger partial charge in [-0.15, -0.1) is 0 Å². The minimum absolute atomic E-state index is 0.0107. The Kier molecular flexibility index (Phi) is 5.10. The van der Waals surface area contributed by atoms with Crippen molar-refractivity contribution in [3.8, 4) is 5.75 Å². The molecule has 0 fully saturated rings. The van der Waals surface area contributed by atoms with Gasteiger partial charge < -0.3 is 9.84 Å². The Morgan fingerprint density at radius 1 is 1.53 bits per heavy atom. The average Bonchev–Trinajstić information content (AvgIpc) is 2.35. The third kappa shape index (κ3) is 4.05. The summed E-state index contributed by atoms with van der Waals surface area (Å²) in [4.78, 5) is 10.9. The SMILES string of the molecule is C=C(Br)CNS(=O)(=O)c1ccc(OC)c(C(=O)O)c1. The molecular formula is C11H12BrNO5S. The number of aromatic carboxylic acids is 1. The van der Waals surface area contributed by atoms with Crippen molar-refractivity contribution < 1.29 is 23.1 Å². The van der Waals surface area contributed by atoms with Crippen molar-refractivity contribution in [1.82, 2.24) is 4.72 Å². The van der Waals surface area contributed by atoms with Gasteiger partial charge in [0.25, 0.3) is 0 Å². The maximum Gasteiger partial charge on any atom is 0.339 e. The summed E-state index contributed by atoms with van der Waals surface area (Å²) in [5.41, 5.74) is -0.219. The summed E-state index contributed by atoms with van der Waals surface area (Å²) in [6.45, 7) is 3.51. The van der Waals surface area contributed by atoms with Crippen molar-refractivity contribution >= 4 is 31.9 Å². The predicted molar refractivity (Wildman–Crippen MR) is 73.2 cm³/mol. The molecule has 0 atom stereocenters. The molecule has 1 aromatic rings. The summed E-state index contributed by atoms with van der Waals surface area (Å²) in [7, 11) is -2.49. The van der Waals surface area contributed by atoms with Gasteiger partial charge in [0.05, 0.1) is 12.0 Å². The monoisotopic (exact) mass is 349 g/mol. The number of rotatable bonds is 6. The molecule has 0 saturated carbocycles. The fraction of sp³-hybridized carbons (Fsp3) is 0.182. The molecule has 0 bridgehead atoms. The highest BCUT2D eigenvalue weighted by atomic mass is 79.9. The zero-order chi connectivity index (χ0) is 14.6. The van der Waals surface area contributed by atoms with Crippen molar-refractivity contribution in [3.63, 3.8) is 0 Å². The molecule has 0 unspecified atom stereocenters. The normalized spacial score (nSPS) is 11.1. The van der Waals surface area contributed by atoms with Crippen LogP contribution in [-0.4, -0.2) is 33.1 Å². The molecule has 1 rings (SSSR count). The molecule has 0 heterocycles. The Labute approximate surface area is 119 Å². The number of halogens is 1. The Balaban J connectivity index is 3.18. The van der Waals surface area contributed by atoms with E-state index in [2.05, 4.69) is 27.2 Å². The summed E-state index contributed by atoms with van der Waals surface area (Å²) in [5.74, 6) is -1.17. The fourth-order valence-electron chi connectivity index (χ4n) is 1.28. The predicted octanol–water partition coefficient (Wildman–Crippen LogP) is 1.58. The van der Waals surface area contributed by atoms with Crippen LogP contribution in [0.3, 0.4) is 0 Å². The first kappa shape index (κ1) is 15.7. The van der Waals surface area contributed by atoms with Gasteiger partial charge in [-0.2, -0.15) is 0 Å². The van der Waals surface area contributed by atoms with Crippen LogP contribution in [0.15, 0.2) is 34.2 Å². The average molecular weight is 350 g/mol. The largest absolute Gasteiger partial charge is 0.496 e. The maximum absolute atomic E-state index is 11.9. The molecule has 6 nitrogen and oxygen atoms in total. The van der Waals surface area contributed by atoms with E-state index in [0.717, 1.165) is 6.07 Å². The lowest BCUT2D eigenvalue weighted by Crippen LogP contribution is -2.25. The second kappa shape index (κ2) is 6.18. The molecule has 0 amide bonds. The van der Waals surface area contributed by atoms with E-state index in [-0.39, 0.29) is 22.8 Å². The van der Waals surface area contributed by atoms with E-state index in [1.807, 2.05) is 0 Å². The standard InChI is InChI=1S/C11H12BrNO5S/c1-7(12)6-13-19(16,17)8-3-4-10(18-2)9(5-8)11(14)15/h3-5,13H,1,6H2,2H3,(H,14,15). The number of hydrogen-bond acceptors (Lipinski definition) is 4. The van der Waals surface area contributed by atoms with Crippen molar-refractivity contribution in [2.75, 3.05) is 13.7 Å². The highest BCUT2D eigenvalue weighted by Crippen LogP contribution is 2.22. The van der Waals surface area contributed by atoms with Gasteiger partial charge in [0.15, 0.2) is 0 Å². The Morgan fingerprint density at radius 3 is 2.63 bits per heavy atom. The number of hydrogen-bond donors (Lipinski definition) is 2. The van der Waals surface area contributed by atoms with Crippen LogP contribution >= 0.6 is 15.9 Å². The second-order valence-corrected chi connectivity index (χ2v) is 6.40. The quantitative estimate of drug-likeness (QED) is 0.813. The van der Waals surface area contributed by atoms with Gasteiger partial charge in [-0.3, -0.25) is 0 Å². The first-order valence-electron chi connectivity index (χ1n) is 5.02. The minimum atomic E-state index is -3.80. The molecule has 104 valence electrons. The number of sulfonamides is 1. The number of carboxylic acid groups (broad SMARTS) is 1. The van der Waals surface area contributed by atoms with Crippen LogP contribution < -0.4 is 9.46 Å². The molecule has 0 radical (unpaired) electrons. The molecule has 0 aliphatic heterocycles. The van der Waals surface area contributed by atoms with Gasteiger partial charge in [-0.1, -0.05) is 22.5 Å². The number of carboxylic acids is 1. The van der Waals surface area contributed by atoms with Crippen LogP contribution in [0.25, 0.3) is 0 Å². The van der Waals surface area contributed by atoms with E-state index < -0.39 is 16.0 Å². The summed E-state index contributed by atoms with van der Waals surface area (Å²) in [6.07, 6.45) is 0. The van der Waals surface area contributed by atoms with Gasteiger partial charge in [0, 0.05) is 11.0 Å². The van der Waals surface area contributed by atoms with Crippen LogP contribution in [0.2, 0.25) is 0 Å². The highest BCUT2D eigenvalue weighted by molar-refractivity contribution is 9.11. The summed E-state index contributed by atoms with van der Waals surface area (Å²) < 4.78 is 31.4. The number of methoxy groups -OCH3 is 1. The fourth-order valence-corrected chi connectivity index (χ4v) is 2.65. The molecule has 0 spiro atoms. The zero-order valence-corrected chi connectivity index (χ0v) is 12.4. The summed E-state index contributed by atoms with van der Waals surface area (Å²) >= 11 is 3.02. The second-order valence-electron chi connectivity index (χ2n) is 3.51. The van der Waals surface area contributed by atoms with Gasteiger partial charge in [0.2, 0.25) is 10.0 Å². The topological polar surface area (TPSA) is 92.7 Å². The molecule has 0 aliphatic rings. The van der Waals surface area contributed by atoms with E-state index in [9.17, 15) is 13.2 Å². The lowest BCUT2D eigenvalue weighted by Gasteiger charge is -2.09. The van der Waals surface area contributed by atoms with Crippen molar-refractivity contribution in [2.24, 2.45) is 0 Å². The Bertz CT molecular complexity index is 612. The van der Waals surface area contributed by atoms with Crippen LogP contribution in [0.1, 0.15) is 10.4 Å². The number of benzene rings is 1. The first-order valence-corrected chi connectivity index (χ1v) is 7.30. The first-order chi connectivity index (χ1) is 8.77. The van der Waals surface area contributed by atoms with Crippen molar-refractivity contribution in [3.05, 3.63) is 34.8 Å². The van der Waals surface area contributed by atoms with E-state index in [1.54, 1.807) is 0 Å². The van der Waals surface area contributed by atoms with Crippen molar-refractivity contribution in [1.29, 1.82) is 0 Å². The number of nitrogens with one attached hydrogen (secondary N) is 1. The van der Waals surface area contributed by atoms with Crippen LogP contribution in [0, 0.1) is 0 Å². The zero-order valence-electron chi connectivity index (χ0n) is 10.0. The highest BCUT2D eigenvalue weighted by Gasteiger charge is 2.19. The summed E-state index contributed by atoms with van der Waals surface area (Å²) in [6, 6.07) is 3.60. The minimum Gasteiger partial charge on any atom is -0.496 e. The Hall–Kier alpha value is -1.38. The van der Waals surface area contributed by atoms with Crippen LogP contribution in [-0.2, 0) is 10.0 Å². The van der Waals surface area contributed by atoms with Gasteiger partial charge in [0.1, 0.15) is 11.3 Å². The molecule has 0 aliphatic carbocycles. The molecular weight excluding hydrogens is 338 g/mol. The summed E-state index contributed by atoms with van der Waals surface area (Å²) in [5, 5.41) is 8.99. The van der Waals surface area contributed by atoms with E-state index in [1.165, 1.54) is 19.2 Å².